The first kappa shape index (κ1) is 22.2. The summed E-state index contributed by atoms with van der Waals surface area (Å²) in [4.78, 5) is 41.6. The van der Waals surface area contributed by atoms with Gasteiger partial charge >= 0.3 is 0 Å². The monoisotopic (exact) mass is 464 g/mol. The van der Waals surface area contributed by atoms with E-state index in [0.717, 1.165) is 16.0 Å². The zero-order valence-corrected chi connectivity index (χ0v) is 18.7. The van der Waals surface area contributed by atoms with E-state index in [9.17, 15) is 18.8 Å². The van der Waals surface area contributed by atoms with Crippen LogP contribution in [-0.4, -0.2) is 35.7 Å². The maximum atomic E-state index is 14.0. The van der Waals surface area contributed by atoms with Crippen LogP contribution in [0.5, 0.6) is 0 Å². The van der Waals surface area contributed by atoms with Crippen molar-refractivity contribution in [3.05, 3.63) is 126 Å². The van der Waals surface area contributed by atoms with E-state index in [1.54, 1.807) is 42.5 Å². The van der Waals surface area contributed by atoms with Crippen molar-refractivity contribution in [2.24, 2.45) is 0 Å². The van der Waals surface area contributed by atoms with E-state index < -0.39 is 17.6 Å². The van der Waals surface area contributed by atoms with E-state index in [1.807, 2.05) is 42.5 Å². The molecule has 0 bridgehead atoms. The molecule has 1 heterocycles. The van der Waals surface area contributed by atoms with E-state index in [0.29, 0.717) is 22.4 Å². The Morgan fingerprint density at radius 1 is 0.714 bits per heavy atom. The molecule has 4 aromatic carbocycles. The van der Waals surface area contributed by atoms with Crippen LogP contribution in [0.15, 0.2) is 103 Å². The molecule has 172 valence electrons. The number of carbonyl (C=O) groups is 3. The summed E-state index contributed by atoms with van der Waals surface area (Å²) in [6.07, 6.45) is 0. The molecule has 1 aliphatic rings. The summed E-state index contributed by atoms with van der Waals surface area (Å²) in [5.74, 6) is -1.64. The molecule has 5 rings (SSSR count). The predicted octanol–water partition coefficient (Wildman–Crippen LogP) is 5.44. The summed E-state index contributed by atoms with van der Waals surface area (Å²) in [5, 5.41) is 0. The fraction of sp³-hybridized carbons (Fsp3) is 0.0690. The Labute approximate surface area is 202 Å². The highest BCUT2D eigenvalue weighted by molar-refractivity contribution is 6.21. The van der Waals surface area contributed by atoms with E-state index in [2.05, 4.69) is 0 Å². The molecule has 0 saturated carbocycles. The molecular weight excluding hydrogens is 443 g/mol. The molecule has 0 radical (unpaired) electrons. The van der Waals surface area contributed by atoms with E-state index in [4.69, 9.17) is 0 Å². The largest absolute Gasteiger partial charge is 0.306 e. The number of imide groups is 1. The third-order valence-corrected chi connectivity index (χ3v) is 6.03. The summed E-state index contributed by atoms with van der Waals surface area (Å²) in [6, 6.07) is 29.3. The minimum Gasteiger partial charge on any atom is -0.306 e. The fourth-order valence-corrected chi connectivity index (χ4v) is 4.23. The molecule has 1 aliphatic heterocycles. The molecule has 4 aromatic rings. The number of carbonyl (C=O) groups excluding carboxylic acids is 3. The highest BCUT2D eigenvalue weighted by Gasteiger charge is 2.35. The summed E-state index contributed by atoms with van der Waals surface area (Å²) < 4.78 is 14.0. The van der Waals surface area contributed by atoms with Gasteiger partial charge in [-0.15, -0.1) is 0 Å². The molecule has 3 amide bonds. The molecule has 35 heavy (non-hydrogen) atoms. The number of rotatable bonds is 6. The van der Waals surface area contributed by atoms with Gasteiger partial charge in [-0.05, 0) is 53.6 Å². The van der Waals surface area contributed by atoms with Crippen LogP contribution in [0, 0.1) is 5.82 Å². The number of hydrogen-bond donors (Lipinski definition) is 0. The Kier molecular flexibility index (Phi) is 5.94. The van der Waals surface area contributed by atoms with E-state index in [-0.39, 0.29) is 19.0 Å². The van der Waals surface area contributed by atoms with Crippen LogP contribution in [0.3, 0.4) is 0 Å². The lowest BCUT2D eigenvalue weighted by Crippen LogP contribution is -2.41. The predicted molar refractivity (Wildman–Crippen MR) is 132 cm³/mol. The van der Waals surface area contributed by atoms with Crippen molar-refractivity contribution in [2.45, 2.75) is 0 Å². The summed E-state index contributed by atoms with van der Waals surface area (Å²) in [5.41, 5.74) is 3.44. The molecule has 0 fully saturated rings. The standard InChI is InChI=1S/C29H21FN2O3/c30-23-9-6-10-24(19-23)31(17-18-32-28(34)25-11-4-5-12-26(25)29(32)35)27(33)22-15-13-21(14-16-22)20-7-2-1-3-8-20/h1-16,19H,17-18H2. The first-order valence-electron chi connectivity index (χ1n) is 11.2. The zero-order valence-electron chi connectivity index (χ0n) is 18.7. The van der Waals surface area contributed by atoms with Crippen LogP contribution < -0.4 is 4.90 Å². The number of nitrogens with zero attached hydrogens (tertiary/aromatic N) is 2. The van der Waals surface area contributed by atoms with Gasteiger partial charge in [0.15, 0.2) is 0 Å². The molecule has 0 aromatic heterocycles. The Balaban J connectivity index is 1.41. The van der Waals surface area contributed by atoms with Gasteiger partial charge in [0.25, 0.3) is 17.7 Å². The molecule has 0 atom stereocenters. The Morgan fingerprint density at radius 2 is 1.31 bits per heavy atom. The van der Waals surface area contributed by atoms with Crippen molar-refractivity contribution in [1.29, 1.82) is 0 Å². The van der Waals surface area contributed by atoms with Crippen LogP contribution in [0.25, 0.3) is 11.1 Å². The first-order chi connectivity index (χ1) is 17.0. The number of benzene rings is 4. The van der Waals surface area contributed by atoms with Gasteiger partial charge in [0.05, 0.1) is 11.1 Å². The van der Waals surface area contributed by atoms with Crippen molar-refractivity contribution < 1.29 is 18.8 Å². The third-order valence-electron chi connectivity index (χ3n) is 6.03. The van der Waals surface area contributed by atoms with Crippen LogP contribution in [0.1, 0.15) is 31.1 Å². The molecule has 0 aliphatic carbocycles. The lowest BCUT2D eigenvalue weighted by molar-refractivity contribution is 0.0654. The molecule has 6 heteroatoms. The number of amides is 3. The Bertz CT molecular complexity index is 1380. The highest BCUT2D eigenvalue weighted by Crippen LogP contribution is 2.25. The van der Waals surface area contributed by atoms with Crippen LogP contribution in [0.4, 0.5) is 10.1 Å². The Morgan fingerprint density at radius 3 is 1.94 bits per heavy atom. The Hall–Kier alpha value is -4.58. The number of anilines is 1. The zero-order chi connectivity index (χ0) is 24.4. The fourth-order valence-electron chi connectivity index (χ4n) is 4.23. The van der Waals surface area contributed by atoms with Gasteiger partial charge in [0.1, 0.15) is 5.82 Å². The SMILES string of the molecule is O=C1c2ccccc2C(=O)N1CCN(C(=O)c1ccc(-c2ccccc2)cc1)c1cccc(F)c1. The average Bonchev–Trinajstić information content (AvgIpc) is 3.14. The lowest BCUT2D eigenvalue weighted by Gasteiger charge is -2.25. The van der Waals surface area contributed by atoms with Gasteiger partial charge in [0, 0.05) is 24.3 Å². The van der Waals surface area contributed by atoms with Gasteiger partial charge in [-0.2, -0.15) is 0 Å². The molecule has 5 nitrogen and oxygen atoms in total. The highest BCUT2D eigenvalue weighted by atomic mass is 19.1. The molecular formula is C29H21FN2O3. The van der Waals surface area contributed by atoms with Gasteiger partial charge in [-0.1, -0.05) is 60.7 Å². The van der Waals surface area contributed by atoms with E-state index >= 15 is 0 Å². The second kappa shape index (κ2) is 9.35. The average molecular weight is 464 g/mol. The minimum atomic E-state index is -0.486. The van der Waals surface area contributed by atoms with Gasteiger partial charge in [-0.3, -0.25) is 19.3 Å². The van der Waals surface area contributed by atoms with Crippen LogP contribution >= 0.6 is 0 Å². The van der Waals surface area contributed by atoms with Crippen LogP contribution in [0.2, 0.25) is 0 Å². The summed E-state index contributed by atoms with van der Waals surface area (Å²) >= 11 is 0. The molecule has 0 N–H and O–H groups in total. The first-order valence-corrected chi connectivity index (χ1v) is 11.2. The normalized spacial score (nSPS) is 12.5. The van der Waals surface area contributed by atoms with Crippen LogP contribution in [-0.2, 0) is 0 Å². The second-order valence-corrected chi connectivity index (χ2v) is 8.19. The van der Waals surface area contributed by atoms with Crippen molar-refractivity contribution in [1.82, 2.24) is 4.90 Å². The van der Waals surface area contributed by atoms with Gasteiger partial charge in [-0.25, -0.2) is 4.39 Å². The second-order valence-electron chi connectivity index (χ2n) is 8.19. The summed E-state index contributed by atoms with van der Waals surface area (Å²) in [7, 11) is 0. The van der Waals surface area contributed by atoms with Crippen molar-refractivity contribution in [3.8, 4) is 11.1 Å². The smallest absolute Gasteiger partial charge is 0.261 e. The molecule has 0 spiro atoms. The van der Waals surface area contributed by atoms with Crippen molar-refractivity contribution >= 4 is 23.4 Å². The maximum Gasteiger partial charge on any atom is 0.261 e. The lowest BCUT2D eigenvalue weighted by atomic mass is 10.0. The maximum absolute atomic E-state index is 14.0. The van der Waals surface area contributed by atoms with E-state index in [1.165, 1.54) is 23.1 Å². The number of halogens is 1. The number of hydrogen-bond acceptors (Lipinski definition) is 3. The van der Waals surface area contributed by atoms with Crippen molar-refractivity contribution in [2.75, 3.05) is 18.0 Å². The quantitative estimate of drug-likeness (QED) is 0.357. The minimum absolute atomic E-state index is 0.0172. The summed E-state index contributed by atoms with van der Waals surface area (Å²) in [6.45, 7) is 0.00485. The van der Waals surface area contributed by atoms with Gasteiger partial charge in [0.2, 0.25) is 0 Å². The van der Waals surface area contributed by atoms with Gasteiger partial charge < -0.3 is 4.90 Å². The third kappa shape index (κ3) is 4.34. The molecule has 0 saturated heterocycles. The van der Waals surface area contributed by atoms with Crippen molar-refractivity contribution in [3.63, 3.8) is 0 Å². The topological polar surface area (TPSA) is 57.7 Å². The number of fused-ring (bicyclic) bond motifs is 1. The molecule has 0 unspecified atom stereocenters.